The molecular weight excluding hydrogens is 218 g/mol. The van der Waals surface area contributed by atoms with E-state index < -0.39 is 0 Å². The SMILES string of the molecule is CCNC1CC(C)CCC1C(C)(C)CCC(C)C. The molecule has 1 rings (SSSR count). The van der Waals surface area contributed by atoms with E-state index in [0.717, 1.165) is 30.3 Å². The first-order chi connectivity index (χ1) is 8.36. The number of hydrogen-bond acceptors (Lipinski definition) is 1. The van der Waals surface area contributed by atoms with Crippen LogP contribution in [0.15, 0.2) is 0 Å². The van der Waals surface area contributed by atoms with Crippen LogP contribution in [-0.4, -0.2) is 12.6 Å². The van der Waals surface area contributed by atoms with Crippen molar-refractivity contribution in [3.05, 3.63) is 0 Å². The largest absolute Gasteiger partial charge is 0.314 e. The van der Waals surface area contributed by atoms with Gasteiger partial charge in [0.05, 0.1) is 0 Å². The van der Waals surface area contributed by atoms with Crippen LogP contribution in [0.25, 0.3) is 0 Å². The Kier molecular flexibility index (Phi) is 6.17. The fourth-order valence-electron chi connectivity index (χ4n) is 3.65. The summed E-state index contributed by atoms with van der Waals surface area (Å²) in [4.78, 5) is 0. The Labute approximate surface area is 115 Å². The average molecular weight is 253 g/mol. The predicted molar refractivity (Wildman–Crippen MR) is 81.8 cm³/mol. The van der Waals surface area contributed by atoms with Gasteiger partial charge in [0, 0.05) is 6.04 Å². The summed E-state index contributed by atoms with van der Waals surface area (Å²) < 4.78 is 0. The minimum absolute atomic E-state index is 0.497. The molecule has 0 saturated heterocycles. The molecule has 0 aromatic carbocycles. The Morgan fingerprint density at radius 3 is 2.44 bits per heavy atom. The highest BCUT2D eigenvalue weighted by atomic mass is 14.9. The second-order valence-corrected chi connectivity index (χ2v) is 7.61. The summed E-state index contributed by atoms with van der Waals surface area (Å²) in [5, 5.41) is 3.76. The lowest BCUT2D eigenvalue weighted by molar-refractivity contribution is 0.0827. The van der Waals surface area contributed by atoms with Gasteiger partial charge in [-0.1, -0.05) is 54.4 Å². The van der Waals surface area contributed by atoms with E-state index in [4.69, 9.17) is 0 Å². The van der Waals surface area contributed by atoms with Crippen LogP contribution in [0.3, 0.4) is 0 Å². The molecule has 108 valence electrons. The predicted octanol–water partition coefficient (Wildman–Crippen LogP) is 4.86. The van der Waals surface area contributed by atoms with Gasteiger partial charge in [0.1, 0.15) is 0 Å². The molecule has 3 unspecified atom stereocenters. The van der Waals surface area contributed by atoms with E-state index in [9.17, 15) is 0 Å². The second-order valence-electron chi connectivity index (χ2n) is 7.61. The lowest BCUT2D eigenvalue weighted by Crippen LogP contribution is -2.46. The molecule has 18 heavy (non-hydrogen) atoms. The third-order valence-electron chi connectivity index (χ3n) is 4.95. The van der Waals surface area contributed by atoms with Gasteiger partial charge in [0.2, 0.25) is 0 Å². The van der Waals surface area contributed by atoms with E-state index in [1.807, 2.05) is 0 Å². The van der Waals surface area contributed by atoms with Gasteiger partial charge in [-0.3, -0.25) is 0 Å². The van der Waals surface area contributed by atoms with Gasteiger partial charge >= 0.3 is 0 Å². The third kappa shape index (κ3) is 4.57. The highest BCUT2D eigenvalue weighted by molar-refractivity contribution is 4.91. The maximum Gasteiger partial charge on any atom is 0.0103 e. The maximum absolute atomic E-state index is 3.76. The van der Waals surface area contributed by atoms with Crippen LogP contribution >= 0.6 is 0 Å². The van der Waals surface area contributed by atoms with Crippen molar-refractivity contribution < 1.29 is 0 Å². The lowest BCUT2D eigenvalue weighted by atomic mass is 9.64. The molecule has 1 aliphatic carbocycles. The molecule has 3 atom stereocenters. The van der Waals surface area contributed by atoms with Crippen LogP contribution in [0.2, 0.25) is 0 Å². The summed E-state index contributed by atoms with van der Waals surface area (Å²) in [5.74, 6) is 2.61. The molecule has 1 aliphatic rings. The van der Waals surface area contributed by atoms with Crippen molar-refractivity contribution in [2.75, 3.05) is 6.54 Å². The minimum Gasteiger partial charge on any atom is -0.314 e. The third-order valence-corrected chi connectivity index (χ3v) is 4.95. The van der Waals surface area contributed by atoms with E-state index in [1.165, 1.54) is 32.1 Å². The van der Waals surface area contributed by atoms with Crippen molar-refractivity contribution in [3.63, 3.8) is 0 Å². The van der Waals surface area contributed by atoms with Crippen LogP contribution in [0.5, 0.6) is 0 Å². The van der Waals surface area contributed by atoms with Gasteiger partial charge < -0.3 is 5.32 Å². The Morgan fingerprint density at radius 2 is 1.89 bits per heavy atom. The Bertz CT molecular complexity index is 232. The van der Waals surface area contributed by atoms with Gasteiger partial charge in [-0.2, -0.15) is 0 Å². The zero-order valence-electron chi connectivity index (χ0n) is 13.6. The molecule has 1 nitrogen and oxygen atoms in total. The first kappa shape index (κ1) is 16.0. The molecule has 0 bridgehead atoms. The first-order valence-electron chi connectivity index (χ1n) is 8.10. The van der Waals surface area contributed by atoms with Gasteiger partial charge in [-0.05, 0) is 49.0 Å². The molecule has 0 radical (unpaired) electrons. The normalized spacial score (nSPS) is 29.8. The molecule has 0 amide bonds. The van der Waals surface area contributed by atoms with Crippen LogP contribution in [0.4, 0.5) is 0 Å². The van der Waals surface area contributed by atoms with Crippen LogP contribution in [-0.2, 0) is 0 Å². The standard InChI is InChI=1S/C17H35N/c1-7-18-16-12-14(4)8-9-15(16)17(5,6)11-10-13(2)3/h13-16,18H,7-12H2,1-6H3. The summed E-state index contributed by atoms with van der Waals surface area (Å²) in [7, 11) is 0. The number of nitrogens with one attached hydrogen (secondary N) is 1. The van der Waals surface area contributed by atoms with E-state index in [-0.39, 0.29) is 0 Å². The average Bonchev–Trinajstić information content (AvgIpc) is 2.27. The maximum atomic E-state index is 3.76. The van der Waals surface area contributed by atoms with Crippen LogP contribution < -0.4 is 5.32 Å². The molecule has 1 fully saturated rings. The van der Waals surface area contributed by atoms with E-state index in [1.54, 1.807) is 0 Å². The van der Waals surface area contributed by atoms with Gasteiger partial charge in [-0.15, -0.1) is 0 Å². The molecule has 1 N–H and O–H groups in total. The molecular formula is C17H35N. The first-order valence-corrected chi connectivity index (χ1v) is 8.10. The van der Waals surface area contributed by atoms with Crippen molar-refractivity contribution in [1.29, 1.82) is 0 Å². The van der Waals surface area contributed by atoms with E-state index >= 15 is 0 Å². The summed E-state index contributed by atoms with van der Waals surface area (Å²) in [6.07, 6.45) is 6.98. The lowest BCUT2D eigenvalue weighted by Gasteiger charge is -2.45. The Hall–Kier alpha value is -0.0400. The summed E-state index contributed by atoms with van der Waals surface area (Å²) in [6.45, 7) is 15.5. The topological polar surface area (TPSA) is 12.0 Å². The highest BCUT2D eigenvalue weighted by Crippen LogP contribution is 2.43. The van der Waals surface area contributed by atoms with Crippen molar-refractivity contribution in [2.45, 2.75) is 79.7 Å². The van der Waals surface area contributed by atoms with Crippen molar-refractivity contribution >= 4 is 0 Å². The second kappa shape index (κ2) is 6.93. The van der Waals surface area contributed by atoms with E-state index in [2.05, 4.69) is 46.9 Å². The fraction of sp³-hybridized carbons (Fsp3) is 1.00. The quantitative estimate of drug-likeness (QED) is 0.712. The van der Waals surface area contributed by atoms with Crippen molar-refractivity contribution in [1.82, 2.24) is 5.32 Å². The monoisotopic (exact) mass is 253 g/mol. The number of hydrogen-bond donors (Lipinski definition) is 1. The van der Waals surface area contributed by atoms with Gasteiger partial charge in [-0.25, -0.2) is 0 Å². The minimum atomic E-state index is 0.497. The van der Waals surface area contributed by atoms with E-state index in [0.29, 0.717) is 5.41 Å². The smallest absolute Gasteiger partial charge is 0.0103 e. The highest BCUT2D eigenvalue weighted by Gasteiger charge is 2.38. The molecule has 0 spiro atoms. The van der Waals surface area contributed by atoms with Crippen LogP contribution in [0, 0.1) is 23.2 Å². The van der Waals surface area contributed by atoms with Crippen molar-refractivity contribution in [2.24, 2.45) is 23.2 Å². The molecule has 1 saturated carbocycles. The van der Waals surface area contributed by atoms with Crippen molar-refractivity contribution in [3.8, 4) is 0 Å². The van der Waals surface area contributed by atoms with Crippen LogP contribution in [0.1, 0.15) is 73.6 Å². The molecule has 0 aliphatic heterocycles. The molecule has 0 aromatic heterocycles. The fourth-order valence-corrected chi connectivity index (χ4v) is 3.65. The Balaban J connectivity index is 2.64. The summed E-state index contributed by atoms with van der Waals surface area (Å²) in [6, 6.07) is 0.751. The molecule has 1 heteroatoms. The summed E-state index contributed by atoms with van der Waals surface area (Å²) >= 11 is 0. The summed E-state index contributed by atoms with van der Waals surface area (Å²) in [5.41, 5.74) is 0.497. The zero-order valence-corrected chi connectivity index (χ0v) is 13.6. The Morgan fingerprint density at radius 1 is 1.22 bits per heavy atom. The number of rotatable bonds is 6. The van der Waals surface area contributed by atoms with Gasteiger partial charge in [0.25, 0.3) is 0 Å². The molecule has 0 heterocycles. The molecule has 0 aromatic rings. The zero-order chi connectivity index (χ0) is 13.8. The van der Waals surface area contributed by atoms with Gasteiger partial charge in [0.15, 0.2) is 0 Å².